The third-order valence-electron chi connectivity index (χ3n) is 6.11. The van der Waals surface area contributed by atoms with Crippen molar-refractivity contribution in [3.8, 4) is 0 Å². The van der Waals surface area contributed by atoms with Crippen LogP contribution in [0.25, 0.3) is 5.65 Å². The van der Waals surface area contributed by atoms with E-state index in [4.69, 9.17) is 9.47 Å². The Morgan fingerprint density at radius 1 is 1.30 bits per heavy atom. The molecular weight excluding hydrogens is 551 g/mol. The summed E-state index contributed by atoms with van der Waals surface area (Å²) < 4.78 is 83.2. The number of imidazole rings is 1. The van der Waals surface area contributed by atoms with Gasteiger partial charge in [0.15, 0.2) is 17.4 Å². The number of aromatic nitrogens is 5. The predicted octanol–water partition coefficient (Wildman–Crippen LogP) is 2.21. The fourth-order valence-electron chi connectivity index (χ4n) is 3.92. The number of nitrogens with one attached hydrogen (secondary N) is 2. The van der Waals surface area contributed by atoms with Gasteiger partial charge in [-0.2, -0.15) is 18.3 Å². The Hall–Kier alpha value is -3.93. The SMILES string of the molecule is COC[C@H](c1cnn2cc([C@H](CO[C@H](C)C(F)(F)F)NC(=O)c3nonc3C)nc2c1)N1CC(F)(F)CNC1=O. The summed E-state index contributed by atoms with van der Waals surface area (Å²) in [7, 11) is 1.34. The summed E-state index contributed by atoms with van der Waals surface area (Å²) in [4.78, 5) is 30.4. The molecule has 0 aromatic carbocycles. The van der Waals surface area contributed by atoms with Gasteiger partial charge in [0.1, 0.15) is 5.69 Å². The Labute approximate surface area is 222 Å². The van der Waals surface area contributed by atoms with Gasteiger partial charge in [-0.15, -0.1) is 0 Å². The molecule has 1 aliphatic rings. The average Bonchev–Trinajstić information content (AvgIpc) is 3.51. The van der Waals surface area contributed by atoms with Gasteiger partial charge in [0.25, 0.3) is 11.8 Å². The van der Waals surface area contributed by atoms with Gasteiger partial charge in [0.05, 0.1) is 56.5 Å². The molecular formula is C22H25F5N8O5. The molecule has 18 heteroatoms. The van der Waals surface area contributed by atoms with E-state index in [-0.39, 0.29) is 29.3 Å². The normalized spacial score (nSPS) is 17.9. The van der Waals surface area contributed by atoms with E-state index < -0.39 is 61.9 Å². The van der Waals surface area contributed by atoms with Gasteiger partial charge < -0.3 is 25.0 Å². The van der Waals surface area contributed by atoms with Crippen molar-refractivity contribution in [1.29, 1.82) is 0 Å². The number of fused-ring (bicyclic) bond motifs is 1. The molecule has 1 aliphatic heterocycles. The highest BCUT2D eigenvalue weighted by Gasteiger charge is 2.42. The number of hydrogen-bond donors (Lipinski definition) is 2. The molecule has 218 valence electrons. The molecule has 4 heterocycles. The summed E-state index contributed by atoms with van der Waals surface area (Å²) >= 11 is 0. The largest absolute Gasteiger partial charge is 0.414 e. The van der Waals surface area contributed by atoms with Gasteiger partial charge in [-0.3, -0.25) is 4.79 Å². The second-order valence-corrected chi connectivity index (χ2v) is 9.11. The van der Waals surface area contributed by atoms with Gasteiger partial charge in [-0.05, 0) is 25.1 Å². The van der Waals surface area contributed by atoms with E-state index in [9.17, 15) is 31.5 Å². The first-order valence-electron chi connectivity index (χ1n) is 11.8. The van der Waals surface area contributed by atoms with E-state index in [1.807, 2.05) is 0 Å². The highest BCUT2D eigenvalue weighted by Crippen LogP contribution is 2.29. The second kappa shape index (κ2) is 11.3. The van der Waals surface area contributed by atoms with Gasteiger partial charge in [0, 0.05) is 12.7 Å². The Morgan fingerprint density at radius 2 is 2.05 bits per heavy atom. The predicted molar refractivity (Wildman–Crippen MR) is 123 cm³/mol. The number of rotatable bonds is 10. The van der Waals surface area contributed by atoms with Crippen LogP contribution in [0, 0.1) is 6.92 Å². The van der Waals surface area contributed by atoms with Crippen molar-refractivity contribution in [2.24, 2.45) is 0 Å². The van der Waals surface area contributed by atoms with E-state index in [1.165, 1.54) is 37.0 Å². The van der Waals surface area contributed by atoms with Crippen molar-refractivity contribution < 1.29 is 45.6 Å². The molecule has 40 heavy (non-hydrogen) atoms. The number of carbonyl (C=O) groups is 2. The lowest BCUT2D eigenvalue weighted by Gasteiger charge is -2.38. The summed E-state index contributed by atoms with van der Waals surface area (Å²) in [5, 5.41) is 15.9. The summed E-state index contributed by atoms with van der Waals surface area (Å²) in [5.74, 6) is -3.97. The van der Waals surface area contributed by atoms with E-state index in [1.54, 1.807) is 0 Å². The molecule has 0 unspecified atom stereocenters. The maximum Gasteiger partial charge on any atom is 0.414 e. The number of aryl methyl sites for hydroxylation is 1. The Kier molecular flexibility index (Phi) is 8.20. The minimum absolute atomic E-state index is 0.0759. The molecule has 2 N–H and O–H groups in total. The van der Waals surface area contributed by atoms with E-state index >= 15 is 0 Å². The van der Waals surface area contributed by atoms with Gasteiger partial charge in [-0.25, -0.2) is 27.7 Å². The fourth-order valence-corrected chi connectivity index (χ4v) is 3.92. The number of amides is 3. The Morgan fingerprint density at radius 3 is 2.70 bits per heavy atom. The highest BCUT2D eigenvalue weighted by atomic mass is 19.4. The first-order valence-corrected chi connectivity index (χ1v) is 11.8. The van der Waals surface area contributed by atoms with Crippen molar-refractivity contribution in [2.75, 3.05) is 33.4 Å². The topological polar surface area (TPSA) is 149 Å². The summed E-state index contributed by atoms with van der Waals surface area (Å²) in [6.45, 7) is -0.136. The van der Waals surface area contributed by atoms with Crippen molar-refractivity contribution >= 4 is 17.6 Å². The van der Waals surface area contributed by atoms with Crippen LogP contribution in [0.2, 0.25) is 0 Å². The number of carbonyl (C=O) groups excluding carboxylic acids is 2. The number of alkyl halides is 5. The molecule has 0 spiro atoms. The minimum atomic E-state index is -4.65. The number of ether oxygens (including phenoxy) is 2. The summed E-state index contributed by atoms with van der Waals surface area (Å²) in [5.41, 5.74) is 0.508. The molecule has 3 aromatic rings. The molecule has 0 aliphatic carbocycles. The number of methoxy groups -OCH3 is 1. The van der Waals surface area contributed by atoms with E-state index in [0.29, 0.717) is 5.56 Å². The molecule has 0 radical (unpaired) electrons. The first-order chi connectivity index (χ1) is 18.8. The smallest absolute Gasteiger partial charge is 0.382 e. The average molecular weight is 576 g/mol. The first kappa shape index (κ1) is 29.1. The quantitative estimate of drug-likeness (QED) is 0.347. The zero-order valence-electron chi connectivity index (χ0n) is 21.4. The Balaban J connectivity index is 1.64. The third kappa shape index (κ3) is 6.44. The molecule has 0 saturated carbocycles. The van der Waals surface area contributed by atoms with Gasteiger partial charge >= 0.3 is 12.2 Å². The van der Waals surface area contributed by atoms with Crippen LogP contribution in [-0.2, 0) is 9.47 Å². The van der Waals surface area contributed by atoms with Crippen molar-refractivity contribution in [3.05, 3.63) is 41.1 Å². The van der Waals surface area contributed by atoms with E-state index in [0.717, 1.165) is 11.8 Å². The van der Waals surface area contributed by atoms with Crippen LogP contribution in [0.4, 0.5) is 26.7 Å². The molecule has 4 rings (SSSR count). The van der Waals surface area contributed by atoms with Crippen molar-refractivity contribution in [3.63, 3.8) is 0 Å². The van der Waals surface area contributed by atoms with Crippen LogP contribution in [0.3, 0.4) is 0 Å². The maximum absolute atomic E-state index is 14.1. The van der Waals surface area contributed by atoms with E-state index in [2.05, 4.69) is 35.7 Å². The van der Waals surface area contributed by atoms with Crippen LogP contribution in [-0.4, -0.2) is 93.4 Å². The molecule has 3 atom stereocenters. The lowest BCUT2D eigenvalue weighted by molar-refractivity contribution is -0.215. The fraction of sp³-hybridized carbons (Fsp3) is 0.545. The van der Waals surface area contributed by atoms with Crippen LogP contribution in [0.15, 0.2) is 23.1 Å². The van der Waals surface area contributed by atoms with Gasteiger partial charge in [0.2, 0.25) is 0 Å². The second-order valence-electron chi connectivity index (χ2n) is 9.11. The van der Waals surface area contributed by atoms with Crippen LogP contribution in [0.1, 0.15) is 46.4 Å². The third-order valence-corrected chi connectivity index (χ3v) is 6.11. The Bertz CT molecular complexity index is 1360. The molecule has 13 nitrogen and oxygen atoms in total. The monoisotopic (exact) mass is 576 g/mol. The summed E-state index contributed by atoms with van der Waals surface area (Å²) in [6, 6.07) is -1.40. The molecule has 1 fully saturated rings. The summed E-state index contributed by atoms with van der Waals surface area (Å²) in [6.07, 6.45) is -4.12. The zero-order valence-corrected chi connectivity index (χ0v) is 21.4. The molecule has 3 aromatic heterocycles. The zero-order chi connectivity index (χ0) is 29.2. The van der Waals surface area contributed by atoms with Crippen LogP contribution < -0.4 is 10.6 Å². The number of halogens is 5. The lowest BCUT2D eigenvalue weighted by atomic mass is 10.1. The van der Waals surface area contributed by atoms with Crippen LogP contribution in [0.5, 0.6) is 0 Å². The van der Waals surface area contributed by atoms with Gasteiger partial charge in [-0.1, -0.05) is 5.16 Å². The maximum atomic E-state index is 14.1. The number of nitrogens with zero attached hydrogens (tertiary/aromatic N) is 6. The number of urea groups is 1. The van der Waals surface area contributed by atoms with Crippen LogP contribution >= 0.6 is 0 Å². The molecule has 3 amide bonds. The lowest BCUT2D eigenvalue weighted by Crippen LogP contribution is -2.58. The van der Waals surface area contributed by atoms with Crippen molar-refractivity contribution in [2.45, 2.75) is 44.1 Å². The minimum Gasteiger partial charge on any atom is -0.382 e. The highest BCUT2D eigenvalue weighted by molar-refractivity contribution is 5.93. The number of hydrogen-bond acceptors (Lipinski definition) is 9. The van der Waals surface area contributed by atoms with Crippen molar-refractivity contribution in [1.82, 2.24) is 40.4 Å². The molecule has 0 bridgehead atoms. The molecule has 1 saturated heterocycles. The standard InChI is InChI=1S/C22H25F5N8O5/c1-11-18(33-40-32-11)19(36)31-15(7-39-12(2)22(25,26)27)14-6-35-17(30-14)4-13(5-29-35)16(8-38-3)34-10-21(23,24)9-28-20(34)37/h4-6,12,15-16H,7-10H2,1-3H3,(H,28,37)(H,31,36)/t12-,15+,16-/m1/s1.